The highest BCUT2D eigenvalue weighted by Crippen LogP contribution is 2.50. The Bertz CT molecular complexity index is 2930. The summed E-state index contributed by atoms with van der Waals surface area (Å²) in [4.78, 5) is 5.99. The topological polar surface area (TPSA) is 45.3 Å². The molecule has 1 N–H and O–H groups in total. The van der Waals surface area contributed by atoms with Crippen LogP contribution in [-0.4, -0.2) is 4.98 Å². The van der Waals surface area contributed by atoms with Gasteiger partial charge in [0.1, 0.15) is 16.7 Å². The van der Waals surface area contributed by atoms with E-state index >= 15 is 0 Å². The number of nitrogens with zero attached hydrogens (tertiary/aromatic N) is 1. The van der Waals surface area contributed by atoms with Gasteiger partial charge in [-0.1, -0.05) is 78.9 Å². The number of H-pyrrole nitrogens is 1. The number of thiophene rings is 1. The molecule has 7 aromatic carbocycles. The highest BCUT2D eigenvalue weighted by molar-refractivity contribution is 7.26. The van der Waals surface area contributed by atoms with Crippen molar-refractivity contribution in [1.82, 2.24) is 4.98 Å². The predicted octanol–water partition coefficient (Wildman–Crippen LogP) is 13.0. The molecule has 0 spiro atoms. The molecule has 0 unspecified atom stereocenters. The van der Waals surface area contributed by atoms with Crippen molar-refractivity contribution in [2.75, 3.05) is 4.90 Å². The number of benzene rings is 7. The standard InChI is InChI=1S/C42H24N2O2S/c1-5-13-33-26(9-1)27-19-17-24(21-34(27)43-33)44(25-18-20-29-28-10-2-6-14-36(28)45-38(29)22-25)35-23-32-30-11-4-8-16-39(30)47-42(32)40-31-12-3-7-15-37(31)46-41(35)40/h1-23,43H. The summed E-state index contributed by atoms with van der Waals surface area (Å²) in [6, 6.07) is 49.3. The second kappa shape index (κ2) is 9.25. The van der Waals surface area contributed by atoms with Crippen molar-refractivity contribution in [2.45, 2.75) is 0 Å². The predicted molar refractivity (Wildman–Crippen MR) is 198 cm³/mol. The highest BCUT2D eigenvalue weighted by atomic mass is 32.1. The first kappa shape index (κ1) is 25.2. The first-order valence-corrected chi connectivity index (χ1v) is 16.6. The summed E-state index contributed by atoms with van der Waals surface area (Å²) in [6.45, 7) is 0. The third kappa shape index (κ3) is 3.52. The molecule has 11 rings (SSSR count). The number of aromatic amines is 1. The van der Waals surface area contributed by atoms with E-state index in [9.17, 15) is 0 Å². The lowest BCUT2D eigenvalue weighted by Crippen LogP contribution is -2.10. The summed E-state index contributed by atoms with van der Waals surface area (Å²) in [5.41, 5.74) is 8.70. The van der Waals surface area contributed by atoms with E-state index in [4.69, 9.17) is 8.83 Å². The quantitative estimate of drug-likeness (QED) is 0.214. The van der Waals surface area contributed by atoms with Crippen molar-refractivity contribution in [3.8, 4) is 0 Å². The van der Waals surface area contributed by atoms with E-state index in [0.717, 1.165) is 72.0 Å². The zero-order chi connectivity index (χ0) is 30.6. The fourth-order valence-corrected chi connectivity index (χ4v) is 8.71. The molecule has 5 heteroatoms. The Labute approximate surface area is 271 Å². The number of aromatic nitrogens is 1. The van der Waals surface area contributed by atoms with Gasteiger partial charge in [0.2, 0.25) is 0 Å². The average molecular weight is 621 g/mol. The van der Waals surface area contributed by atoms with Crippen LogP contribution in [0.1, 0.15) is 0 Å². The fraction of sp³-hybridized carbons (Fsp3) is 0. The van der Waals surface area contributed by atoms with Crippen LogP contribution in [0.25, 0.3) is 85.9 Å². The van der Waals surface area contributed by atoms with E-state index in [1.807, 2.05) is 29.5 Å². The molecule has 0 amide bonds. The minimum atomic E-state index is 0.850. The van der Waals surface area contributed by atoms with Crippen LogP contribution in [0.4, 0.5) is 17.1 Å². The van der Waals surface area contributed by atoms with Crippen LogP contribution in [0, 0.1) is 0 Å². The summed E-state index contributed by atoms with van der Waals surface area (Å²) >= 11 is 1.83. The molecular formula is C42H24N2O2S. The minimum absolute atomic E-state index is 0.850. The van der Waals surface area contributed by atoms with E-state index in [1.54, 1.807) is 0 Å². The Kier molecular flexibility index (Phi) is 4.96. The molecule has 11 aromatic rings. The Hall–Kier alpha value is -6.04. The number of hydrogen-bond acceptors (Lipinski definition) is 4. The van der Waals surface area contributed by atoms with E-state index < -0.39 is 0 Å². The molecule has 220 valence electrons. The van der Waals surface area contributed by atoms with Crippen LogP contribution in [0.2, 0.25) is 0 Å². The van der Waals surface area contributed by atoms with E-state index in [0.29, 0.717) is 0 Å². The highest BCUT2D eigenvalue weighted by Gasteiger charge is 2.25. The van der Waals surface area contributed by atoms with E-state index in [-0.39, 0.29) is 0 Å². The molecule has 4 heterocycles. The third-order valence-corrected chi connectivity index (χ3v) is 10.8. The van der Waals surface area contributed by atoms with E-state index in [1.165, 1.54) is 30.9 Å². The lowest BCUT2D eigenvalue weighted by molar-refractivity contribution is 0.667. The Morgan fingerprint density at radius 1 is 0.468 bits per heavy atom. The van der Waals surface area contributed by atoms with Crippen LogP contribution in [0.15, 0.2) is 148 Å². The Balaban J connectivity index is 1.27. The zero-order valence-electron chi connectivity index (χ0n) is 25.0. The summed E-state index contributed by atoms with van der Waals surface area (Å²) < 4.78 is 15.7. The molecule has 0 aliphatic rings. The van der Waals surface area contributed by atoms with Crippen LogP contribution < -0.4 is 4.90 Å². The van der Waals surface area contributed by atoms with Gasteiger partial charge >= 0.3 is 0 Å². The smallest absolute Gasteiger partial charge is 0.160 e. The van der Waals surface area contributed by atoms with Crippen LogP contribution >= 0.6 is 11.3 Å². The second-order valence-electron chi connectivity index (χ2n) is 12.2. The number of para-hydroxylation sites is 3. The van der Waals surface area contributed by atoms with Gasteiger partial charge in [0, 0.05) is 75.3 Å². The van der Waals surface area contributed by atoms with Crippen LogP contribution in [0.3, 0.4) is 0 Å². The van der Waals surface area contributed by atoms with Gasteiger partial charge in [-0.3, -0.25) is 0 Å². The molecular weight excluding hydrogens is 597 g/mol. The van der Waals surface area contributed by atoms with Crippen molar-refractivity contribution in [1.29, 1.82) is 0 Å². The molecule has 0 saturated heterocycles. The van der Waals surface area contributed by atoms with Gasteiger partial charge in [0.25, 0.3) is 0 Å². The zero-order valence-corrected chi connectivity index (χ0v) is 25.8. The number of rotatable bonds is 3. The largest absolute Gasteiger partial charge is 0.456 e. The third-order valence-electron chi connectivity index (χ3n) is 9.58. The maximum Gasteiger partial charge on any atom is 0.160 e. The Morgan fingerprint density at radius 2 is 1.11 bits per heavy atom. The van der Waals surface area contributed by atoms with Crippen molar-refractivity contribution in [3.05, 3.63) is 140 Å². The molecule has 0 aliphatic carbocycles. The molecule has 0 fully saturated rings. The van der Waals surface area contributed by atoms with Crippen LogP contribution in [-0.2, 0) is 0 Å². The molecule has 4 aromatic heterocycles. The van der Waals surface area contributed by atoms with Gasteiger partial charge in [-0.15, -0.1) is 11.3 Å². The summed E-state index contributed by atoms with van der Waals surface area (Å²) in [6.07, 6.45) is 0. The number of nitrogens with one attached hydrogen (secondary N) is 1. The monoisotopic (exact) mass is 620 g/mol. The maximum atomic E-state index is 6.82. The van der Waals surface area contributed by atoms with Gasteiger partial charge in [-0.25, -0.2) is 0 Å². The molecule has 0 saturated carbocycles. The minimum Gasteiger partial charge on any atom is -0.456 e. The summed E-state index contributed by atoms with van der Waals surface area (Å²) in [5, 5.41) is 9.38. The molecule has 0 aliphatic heterocycles. The molecule has 47 heavy (non-hydrogen) atoms. The fourth-order valence-electron chi connectivity index (χ4n) is 7.48. The van der Waals surface area contributed by atoms with Gasteiger partial charge in [0.05, 0.1) is 11.4 Å². The summed E-state index contributed by atoms with van der Waals surface area (Å²) in [5.74, 6) is 0. The lowest BCUT2D eigenvalue weighted by atomic mass is 10.0. The second-order valence-corrected chi connectivity index (χ2v) is 13.2. The van der Waals surface area contributed by atoms with Gasteiger partial charge in [-0.2, -0.15) is 0 Å². The Morgan fingerprint density at radius 3 is 1.98 bits per heavy atom. The SMILES string of the molecule is c1ccc2c(c1)[nH]c1cc(N(c3ccc4c(c3)oc3ccccc34)c3cc4c5ccccc5sc4c4c3oc3ccccc34)ccc12. The maximum absolute atomic E-state index is 6.82. The first-order chi connectivity index (χ1) is 23.3. The van der Waals surface area contributed by atoms with E-state index in [2.05, 4.69) is 131 Å². The van der Waals surface area contributed by atoms with Gasteiger partial charge in [0.15, 0.2) is 5.58 Å². The normalized spacial score (nSPS) is 12.3. The molecule has 0 radical (unpaired) electrons. The van der Waals surface area contributed by atoms with Crippen molar-refractivity contribution in [2.24, 2.45) is 0 Å². The summed E-state index contributed by atoms with van der Waals surface area (Å²) in [7, 11) is 0. The first-order valence-electron chi connectivity index (χ1n) is 15.8. The van der Waals surface area contributed by atoms with Crippen molar-refractivity contribution < 1.29 is 8.83 Å². The molecule has 4 nitrogen and oxygen atoms in total. The number of anilines is 3. The van der Waals surface area contributed by atoms with Crippen LogP contribution in [0.5, 0.6) is 0 Å². The number of furan rings is 2. The van der Waals surface area contributed by atoms with Crippen molar-refractivity contribution >= 4 is 114 Å². The molecule has 0 bridgehead atoms. The number of hydrogen-bond donors (Lipinski definition) is 1. The molecule has 0 atom stereocenters. The van der Waals surface area contributed by atoms with Crippen molar-refractivity contribution in [3.63, 3.8) is 0 Å². The average Bonchev–Trinajstić information content (AvgIpc) is 3.87. The van der Waals surface area contributed by atoms with Gasteiger partial charge in [-0.05, 0) is 54.6 Å². The van der Waals surface area contributed by atoms with Gasteiger partial charge < -0.3 is 18.7 Å². The number of fused-ring (bicyclic) bond motifs is 13. The lowest BCUT2D eigenvalue weighted by Gasteiger charge is -2.26.